The molecule has 0 bridgehead atoms. The third-order valence-corrected chi connectivity index (χ3v) is 17.0. The summed E-state index contributed by atoms with van der Waals surface area (Å²) in [4.78, 5) is 12.6. The van der Waals surface area contributed by atoms with Gasteiger partial charge in [-0.1, -0.05) is 18.2 Å². The number of rotatable bonds is 11. The second-order valence-corrected chi connectivity index (χ2v) is 29.6. The third kappa shape index (κ3) is 10.5. The van der Waals surface area contributed by atoms with Crippen molar-refractivity contribution in [3.8, 4) is 0 Å². The summed E-state index contributed by atoms with van der Waals surface area (Å²) >= 11 is 0. The maximum absolute atomic E-state index is 12.6. The SMILES string of the molecule is CC(=O)c1c(CC[Si](C)(C)O[Si](C)(C)C)cccc1CC[Si](C)(C)O[Si](C)(C)C. The van der Waals surface area contributed by atoms with Crippen molar-refractivity contribution < 1.29 is 13.0 Å². The lowest BCUT2D eigenvalue weighted by Gasteiger charge is -2.32. The van der Waals surface area contributed by atoms with Crippen molar-refractivity contribution in [1.29, 1.82) is 0 Å². The summed E-state index contributed by atoms with van der Waals surface area (Å²) in [5.41, 5.74) is 3.34. The van der Waals surface area contributed by atoms with E-state index in [1.165, 1.54) is 11.1 Å². The number of carbonyl (C=O) groups excluding carboxylic acids is 1. The monoisotopic (exact) mass is 468 g/mol. The molecule has 0 unspecified atom stereocenters. The fourth-order valence-electron chi connectivity index (χ4n) is 4.15. The Morgan fingerprint density at radius 3 is 1.34 bits per heavy atom. The third-order valence-electron chi connectivity index (χ3n) is 4.75. The van der Waals surface area contributed by atoms with Gasteiger partial charge in [0.2, 0.25) is 0 Å². The highest BCUT2D eigenvalue weighted by atomic mass is 28.4. The molecule has 0 fully saturated rings. The first kappa shape index (κ1) is 26.7. The fourth-order valence-corrected chi connectivity index (χ4v) is 20.0. The Kier molecular flexibility index (Phi) is 9.09. The molecule has 0 aliphatic carbocycles. The van der Waals surface area contributed by atoms with Crippen molar-refractivity contribution in [1.82, 2.24) is 0 Å². The van der Waals surface area contributed by atoms with Crippen LogP contribution in [0.2, 0.25) is 77.6 Å². The van der Waals surface area contributed by atoms with Crippen molar-refractivity contribution in [3.63, 3.8) is 0 Å². The lowest BCUT2D eigenvalue weighted by Crippen LogP contribution is -2.42. The highest BCUT2D eigenvalue weighted by Gasteiger charge is 2.31. The van der Waals surface area contributed by atoms with Gasteiger partial charge in [-0.05, 0) is 108 Å². The molecule has 0 amide bonds. The van der Waals surface area contributed by atoms with Crippen LogP contribution in [0.1, 0.15) is 28.4 Å². The van der Waals surface area contributed by atoms with Crippen LogP contribution in [-0.2, 0) is 21.1 Å². The summed E-state index contributed by atoms with van der Waals surface area (Å²) in [5, 5.41) is 0. The number of carbonyl (C=O) groups is 1. The average Bonchev–Trinajstić information content (AvgIpc) is 2.46. The number of ketones is 1. The van der Waals surface area contributed by atoms with Gasteiger partial charge in [0.25, 0.3) is 0 Å². The van der Waals surface area contributed by atoms with Gasteiger partial charge >= 0.3 is 0 Å². The summed E-state index contributed by atoms with van der Waals surface area (Å²) < 4.78 is 13.0. The van der Waals surface area contributed by atoms with Crippen molar-refractivity contribution >= 4 is 39.1 Å². The van der Waals surface area contributed by atoms with E-state index in [0.717, 1.165) is 30.5 Å². The number of benzene rings is 1. The molecule has 1 aromatic carbocycles. The van der Waals surface area contributed by atoms with Crippen LogP contribution in [0.3, 0.4) is 0 Å². The molecule has 0 radical (unpaired) electrons. The Labute approximate surface area is 184 Å². The van der Waals surface area contributed by atoms with Crippen LogP contribution in [0.5, 0.6) is 0 Å². The van der Waals surface area contributed by atoms with Gasteiger partial charge in [0, 0.05) is 5.56 Å². The van der Waals surface area contributed by atoms with Crippen LogP contribution in [0, 0.1) is 0 Å². The van der Waals surface area contributed by atoms with E-state index >= 15 is 0 Å². The zero-order valence-electron chi connectivity index (χ0n) is 20.8. The van der Waals surface area contributed by atoms with Crippen molar-refractivity contribution in [2.75, 3.05) is 0 Å². The molecule has 29 heavy (non-hydrogen) atoms. The van der Waals surface area contributed by atoms with Crippen molar-refractivity contribution in [3.05, 3.63) is 34.9 Å². The summed E-state index contributed by atoms with van der Waals surface area (Å²) in [5.74, 6) is 0.187. The molecule has 1 rings (SSSR count). The molecule has 7 heteroatoms. The van der Waals surface area contributed by atoms with E-state index in [9.17, 15) is 4.79 Å². The van der Waals surface area contributed by atoms with Crippen molar-refractivity contribution in [2.24, 2.45) is 0 Å². The fraction of sp³-hybridized carbons (Fsp3) is 0.682. The first-order chi connectivity index (χ1) is 12.9. The van der Waals surface area contributed by atoms with E-state index in [0.29, 0.717) is 0 Å². The summed E-state index contributed by atoms with van der Waals surface area (Å²) in [6, 6.07) is 8.51. The van der Waals surface area contributed by atoms with Gasteiger partial charge in [-0.15, -0.1) is 0 Å². The smallest absolute Gasteiger partial charge is 0.173 e. The second kappa shape index (κ2) is 9.87. The van der Waals surface area contributed by atoms with Crippen LogP contribution in [0.25, 0.3) is 0 Å². The zero-order valence-corrected chi connectivity index (χ0v) is 24.8. The molecule has 166 valence electrons. The van der Waals surface area contributed by atoms with Crippen LogP contribution < -0.4 is 0 Å². The molecule has 0 aliphatic heterocycles. The minimum atomic E-state index is -1.73. The van der Waals surface area contributed by atoms with E-state index in [-0.39, 0.29) is 5.78 Å². The molecule has 0 aromatic heterocycles. The van der Waals surface area contributed by atoms with Crippen LogP contribution in [0.15, 0.2) is 18.2 Å². The molecular weight excluding hydrogens is 425 g/mol. The molecule has 0 saturated carbocycles. The number of hydrogen-bond donors (Lipinski definition) is 0. The van der Waals surface area contributed by atoms with Gasteiger partial charge in [-0.2, -0.15) is 0 Å². The van der Waals surface area contributed by atoms with Gasteiger partial charge in [0.1, 0.15) is 0 Å². The maximum Gasteiger partial charge on any atom is 0.173 e. The van der Waals surface area contributed by atoms with Crippen LogP contribution in [-0.4, -0.2) is 39.1 Å². The number of Topliss-reactive ketones (excluding diaryl/α,β-unsaturated/α-hetero) is 1. The molecular formula is C22H44O3Si4. The van der Waals surface area contributed by atoms with Gasteiger partial charge < -0.3 is 8.23 Å². The van der Waals surface area contributed by atoms with E-state index < -0.39 is 33.3 Å². The number of hydrogen-bond acceptors (Lipinski definition) is 3. The predicted octanol–water partition coefficient (Wildman–Crippen LogP) is 7.09. The lowest BCUT2D eigenvalue weighted by molar-refractivity contribution is 0.101. The first-order valence-electron chi connectivity index (χ1n) is 10.9. The second-order valence-electron chi connectivity index (χ2n) is 11.5. The van der Waals surface area contributed by atoms with E-state index in [1.54, 1.807) is 6.92 Å². The quantitative estimate of drug-likeness (QED) is 0.257. The normalized spacial score (nSPS) is 13.6. The highest BCUT2D eigenvalue weighted by Crippen LogP contribution is 2.26. The first-order valence-corrected chi connectivity index (χ1v) is 24.0. The predicted molar refractivity (Wildman–Crippen MR) is 137 cm³/mol. The largest absolute Gasteiger partial charge is 0.456 e. The Morgan fingerprint density at radius 2 is 1.07 bits per heavy atom. The summed E-state index contributed by atoms with van der Waals surface area (Å²) in [6.07, 6.45) is 1.86. The van der Waals surface area contributed by atoms with E-state index in [4.69, 9.17) is 8.23 Å². The summed E-state index contributed by atoms with van der Waals surface area (Å²) in [6.45, 7) is 24.5. The molecule has 1 aromatic rings. The molecule has 0 N–H and O–H groups in total. The van der Waals surface area contributed by atoms with Gasteiger partial charge in [-0.25, -0.2) is 0 Å². The van der Waals surface area contributed by atoms with Gasteiger partial charge in [0.15, 0.2) is 39.1 Å². The Morgan fingerprint density at radius 1 is 0.724 bits per heavy atom. The molecule has 0 heterocycles. The summed E-state index contributed by atoms with van der Waals surface area (Å²) in [7, 11) is -6.54. The molecule has 3 nitrogen and oxygen atoms in total. The molecule has 0 spiro atoms. The number of aryl methyl sites for hydroxylation is 2. The minimum absolute atomic E-state index is 0.187. The zero-order chi connectivity index (χ0) is 22.7. The standard InChI is InChI=1S/C22H44O3Si4/c1-19(23)22-20(15-17-28(8,9)24-26(2,3)4)13-12-14-21(22)16-18-29(10,11)25-27(5,6)7/h12-14H,15-18H2,1-11H3. The lowest BCUT2D eigenvalue weighted by atomic mass is 9.95. The Hall–Kier alpha value is -0.322. The van der Waals surface area contributed by atoms with E-state index in [2.05, 4.69) is 83.7 Å². The highest BCUT2D eigenvalue weighted by molar-refractivity contribution is 6.84. The van der Waals surface area contributed by atoms with E-state index in [1.807, 2.05) is 0 Å². The Balaban J connectivity index is 2.99. The van der Waals surface area contributed by atoms with Gasteiger partial charge in [-0.3, -0.25) is 4.79 Å². The molecule has 0 atom stereocenters. The van der Waals surface area contributed by atoms with Gasteiger partial charge in [0.05, 0.1) is 0 Å². The molecule has 0 aliphatic rings. The van der Waals surface area contributed by atoms with Crippen LogP contribution in [0.4, 0.5) is 0 Å². The average molecular weight is 469 g/mol. The Bertz CT molecular complexity index is 651. The minimum Gasteiger partial charge on any atom is -0.456 e. The molecule has 0 saturated heterocycles. The maximum atomic E-state index is 12.6. The van der Waals surface area contributed by atoms with Crippen LogP contribution >= 0.6 is 0 Å². The van der Waals surface area contributed by atoms with Crippen molar-refractivity contribution in [2.45, 2.75) is 97.3 Å². The topological polar surface area (TPSA) is 35.5 Å².